The molecule has 2 heteroatoms. The molecule has 0 spiro atoms. The standard InChI is InChI=1S/C10H16.2C2H6O/c1-2-9-7-4-5-8(6-7)10(9)3-1;1-3-2;1-2-3/h7-10H,1-6H2;1-2H3;3H,2H2,1H3. The van der Waals surface area contributed by atoms with Gasteiger partial charge < -0.3 is 9.84 Å². The van der Waals surface area contributed by atoms with Crippen LogP contribution in [-0.4, -0.2) is 25.9 Å². The van der Waals surface area contributed by atoms with E-state index in [0.29, 0.717) is 0 Å². The molecule has 2 bridgehead atoms. The van der Waals surface area contributed by atoms with Crippen molar-refractivity contribution in [1.82, 2.24) is 0 Å². The van der Waals surface area contributed by atoms with Crippen molar-refractivity contribution in [3.8, 4) is 0 Å². The summed E-state index contributed by atoms with van der Waals surface area (Å²) in [7, 11) is 3.25. The van der Waals surface area contributed by atoms with Crippen LogP contribution < -0.4 is 0 Å². The van der Waals surface area contributed by atoms with Crippen LogP contribution in [0.4, 0.5) is 0 Å². The Labute approximate surface area is 100 Å². The molecule has 0 amide bonds. The maximum atomic E-state index is 7.57. The van der Waals surface area contributed by atoms with Crippen LogP contribution in [0.5, 0.6) is 0 Å². The van der Waals surface area contributed by atoms with E-state index in [1.165, 1.54) is 23.7 Å². The molecule has 4 atom stereocenters. The predicted molar refractivity (Wildman–Crippen MR) is 67.4 cm³/mol. The second kappa shape index (κ2) is 7.29. The van der Waals surface area contributed by atoms with Gasteiger partial charge in [0.25, 0.3) is 0 Å². The Balaban J connectivity index is 0.000000185. The molecule has 3 saturated carbocycles. The lowest BCUT2D eigenvalue weighted by atomic mass is 9.82. The van der Waals surface area contributed by atoms with Gasteiger partial charge in [-0.05, 0) is 62.7 Å². The molecule has 3 aliphatic carbocycles. The number of rotatable bonds is 0. The normalized spacial score (nSPS) is 38.2. The minimum atomic E-state index is 0.250. The maximum absolute atomic E-state index is 7.57. The van der Waals surface area contributed by atoms with Gasteiger partial charge in [0.1, 0.15) is 0 Å². The predicted octanol–water partition coefficient (Wildman–Crippen LogP) is 3.09. The minimum absolute atomic E-state index is 0.250. The highest BCUT2D eigenvalue weighted by molar-refractivity contribution is 4.98. The van der Waals surface area contributed by atoms with Crippen molar-refractivity contribution in [2.75, 3.05) is 20.8 Å². The molecule has 3 aliphatic rings. The second-order valence-corrected chi connectivity index (χ2v) is 5.32. The molecule has 16 heavy (non-hydrogen) atoms. The fourth-order valence-corrected chi connectivity index (χ4v) is 4.02. The van der Waals surface area contributed by atoms with E-state index in [1.54, 1.807) is 59.7 Å². The quantitative estimate of drug-likeness (QED) is 0.690. The molecule has 3 fully saturated rings. The lowest BCUT2D eigenvalue weighted by molar-refractivity contribution is 0.259. The topological polar surface area (TPSA) is 29.5 Å². The summed E-state index contributed by atoms with van der Waals surface area (Å²) in [4.78, 5) is 0. The molecule has 0 aromatic heterocycles. The van der Waals surface area contributed by atoms with Gasteiger partial charge in [-0.2, -0.15) is 0 Å². The Hall–Kier alpha value is -0.0800. The number of hydrogen-bond donors (Lipinski definition) is 1. The third-order valence-electron chi connectivity index (χ3n) is 4.35. The van der Waals surface area contributed by atoms with Gasteiger partial charge in [-0.25, -0.2) is 0 Å². The summed E-state index contributed by atoms with van der Waals surface area (Å²) in [6, 6.07) is 0. The third kappa shape index (κ3) is 3.21. The fraction of sp³-hybridized carbons (Fsp3) is 1.00. The Morgan fingerprint density at radius 2 is 1.38 bits per heavy atom. The first-order valence-corrected chi connectivity index (χ1v) is 6.79. The highest BCUT2D eigenvalue weighted by Crippen LogP contribution is 2.58. The summed E-state index contributed by atoms with van der Waals surface area (Å²) < 4.78 is 4.25. The molecule has 0 heterocycles. The zero-order valence-corrected chi connectivity index (χ0v) is 11.1. The zero-order chi connectivity index (χ0) is 12.0. The molecule has 0 aromatic rings. The van der Waals surface area contributed by atoms with Gasteiger partial charge in [0.05, 0.1) is 0 Å². The van der Waals surface area contributed by atoms with Crippen LogP contribution in [-0.2, 0) is 4.74 Å². The molecule has 3 rings (SSSR count). The van der Waals surface area contributed by atoms with Crippen LogP contribution in [0, 0.1) is 23.7 Å². The van der Waals surface area contributed by atoms with Crippen LogP contribution in [0.3, 0.4) is 0 Å². The van der Waals surface area contributed by atoms with Gasteiger partial charge in [-0.1, -0.05) is 6.42 Å². The lowest BCUT2D eigenvalue weighted by Crippen LogP contribution is -2.15. The monoisotopic (exact) mass is 228 g/mol. The highest BCUT2D eigenvalue weighted by Gasteiger charge is 2.48. The van der Waals surface area contributed by atoms with E-state index >= 15 is 0 Å². The van der Waals surface area contributed by atoms with Crippen molar-refractivity contribution in [1.29, 1.82) is 0 Å². The smallest absolute Gasteiger partial charge is 0.0402 e. The third-order valence-corrected chi connectivity index (χ3v) is 4.35. The van der Waals surface area contributed by atoms with Gasteiger partial charge in [0.15, 0.2) is 0 Å². The molecule has 1 N–H and O–H groups in total. The van der Waals surface area contributed by atoms with Gasteiger partial charge >= 0.3 is 0 Å². The van der Waals surface area contributed by atoms with Crippen LogP contribution in [0.2, 0.25) is 0 Å². The maximum Gasteiger partial charge on any atom is 0.0402 e. The molecule has 0 aromatic carbocycles. The summed E-state index contributed by atoms with van der Waals surface area (Å²) in [6.45, 7) is 1.93. The van der Waals surface area contributed by atoms with Gasteiger partial charge in [-0.15, -0.1) is 0 Å². The second-order valence-electron chi connectivity index (χ2n) is 5.32. The van der Waals surface area contributed by atoms with Crippen LogP contribution >= 0.6 is 0 Å². The van der Waals surface area contributed by atoms with Gasteiger partial charge in [-0.3, -0.25) is 0 Å². The van der Waals surface area contributed by atoms with Crippen LogP contribution in [0.15, 0.2) is 0 Å². The van der Waals surface area contributed by atoms with E-state index in [9.17, 15) is 0 Å². The molecule has 0 aliphatic heterocycles. The number of fused-ring (bicyclic) bond motifs is 5. The zero-order valence-electron chi connectivity index (χ0n) is 11.1. The number of ether oxygens (including phenoxy) is 1. The SMILES string of the molecule is C1CC2C3CCC(C3)C2C1.CCO.COC. The first kappa shape index (κ1) is 14.0. The fourth-order valence-electron chi connectivity index (χ4n) is 4.02. The summed E-state index contributed by atoms with van der Waals surface area (Å²) in [5.41, 5.74) is 0. The number of aliphatic hydroxyl groups is 1. The molecular formula is C14H28O2. The Kier molecular flexibility index (Phi) is 6.37. The van der Waals surface area contributed by atoms with Gasteiger partial charge in [0, 0.05) is 20.8 Å². The van der Waals surface area contributed by atoms with Crippen molar-refractivity contribution < 1.29 is 9.84 Å². The summed E-state index contributed by atoms with van der Waals surface area (Å²) >= 11 is 0. The summed E-state index contributed by atoms with van der Waals surface area (Å²) in [5, 5.41) is 7.57. The average molecular weight is 228 g/mol. The Morgan fingerprint density at radius 3 is 1.75 bits per heavy atom. The van der Waals surface area contributed by atoms with Crippen molar-refractivity contribution in [2.24, 2.45) is 23.7 Å². The lowest BCUT2D eigenvalue weighted by Gasteiger charge is -2.23. The van der Waals surface area contributed by atoms with E-state index in [0.717, 1.165) is 0 Å². The number of methoxy groups -OCH3 is 1. The largest absolute Gasteiger partial charge is 0.397 e. The van der Waals surface area contributed by atoms with E-state index in [1.807, 2.05) is 0 Å². The summed E-state index contributed by atoms with van der Waals surface area (Å²) in [6.07, 6.45) is 9.53. The highest BCUT2D eigenvalue weighted by atomic mass is 16.4. The Morgan fingerprint density at radius 1 is 1.00 bits per heavy atom. The Bertz CT molecular complexity index is 164. The first-order valence-electron chi connectivity index (χ1n) is 6.79. The van der Waals surface area contributed by atoms with E-state index < -0.39 is 0 Å². The molecule has 0 saturated heterocycles. The van der Waals surface area contributed by atoms with Crippen LogP contribution in [0.1, 0.15) is 45.4 Å². The first-order chi connectivity index (χ1) is 7.78. The summed E-state index contributed by atoms with van der Waals surface area (Å²) in [5.74, 6) is 4.80. The molecular weight excluding hydrogens is 200 g/mol. The van der Waals surface area contributed by atoms with Crippen molar-refractivity contribution in [2.45, 2.75) is 45.4 Å². The molecule has 96 valence electrons. The molecule has 4 unspecified atom stereocenters. The van der Waals surface area contributed by atoms with E-state index in [2.05, 4.69) is 4.74 Å². The average Bonchev–Trinajstić information content (AvgIpc) is 2.94. The van der Waals surface area contributed by atoms with Gasteiger partial charge in [0.2, 0.25) is 0 Å². The molecule has 2 nitrogen and oxygen atoms in total. The van der Waals surface area contributed by atoms with Crippen molar-refractivity contribution in [3.63, 3.8) is 0 Å². The van der Waals surface area contributed by atoms with Crippen molar-refractivity contribution in [3.05, 3.63) is 0 Å². The van der Waals surface area contributed by atoms with E-state index in [-0.39, 0.29) is 6.61 Å². The van der Waals surface area contributed by atoms with Crippen LogP contribution in [0.25, 0.3) is 0 Å². The number of aliphatic hydroxyl groups excluding tert-OH is 1. The van der Waals surface area contributed by atoms with Crippen molar-refractivity contribution >= 4 is 0 Å². The van der Waals surface area contributed by atoms with E-state index in [4.69, 9.17) is 5.11 Å². The number of hydrogen-bond acceptors (Lipinski definition) is 2. The minimum Gasteiger partial charge on any atom is -0.397 e. The molecule has 0 radical (unpaired) electrons.